The molecule has 5 rings (SSSR count). The summed E-state index contributed by atoms with van der Waals surface area (Å²) in [5.41, 5.74) is 7.61. The van der Waals surface area contributed by atoms with E-state index in [2.05, 4.69) is 46.3 Å². The van der Waals surface area contributed by atoms with Gasteiger partial charge in [0.1, 0.15) is 5.76 Å². The molecule has 1 aromatic carbocycles. The predicted octanol–water partition coefficient (Wildman–Crippen LogP) is 8.12. The average Bonchev–Trinajstić information content (AvgIpc) is 3.37. The zero-order chi connectivity index (χ0) is 26.4. The molecule has 196 valence electrons. The fourth-order valence-electron chi connectivity index (χ4n) is 5.20. The second kappa shape index (κ2) is 9.67. The van der Waals surface area contributed by atoms with Gasteiger partial charge in [-0.05, 0) is 70.6 Å². The van der Waals surface area contributed by atoms with Crippen LogP contribution in [-0.4, -0.2) is 26.2 Å². The SMILES string of the molecule is Cc1noc(C)c1-c1cnc2c(-c3ccc(COC(C)(C)C)cc3)cn(CC3CCC(F)(F)CC3)c2c1. The summed E-state index contributed by atoms with van der Waals surface area (Å²) in [6, 6.07) is 10.5. The first-order valence-electron chi connectivity index (χ1n) is 13.0. The predicted molar refractivity (Wildman–Crippen MR) is 142 cm³/mol. The third-order valence-corrected chi connectivity index (χ3v) is 7.27. The summed E-state index contributed by atoms with van der Waals surface area (Å²) in [7, 11) is 0. The van der Waals surface area contributed by atoms with Crippen molar-refractivity contribution < 1.29 is 18.0 Å². The Balaban J connectivity index is 1.51. The molecule has 3 heterocycles. The molecule has 0 bridgehead atoms. The van der Waals surface area contributed by atoms with Crippen LogP contribution in [0, 0.1) is 19.8 Å². The van der Waals surface area contributed by atoms with E-state index in [0.717, 1.165) is 50.3 Å². The van der Waals surface area contributed by atoms with Crippen molar-refractivity contribution >= 4 is 11.0 Å². The topological polar surface area (TPSA) is 53.1 Å². The van der Waals surface area contributed by atoms with Crippen LogP contribution in [0.25, 0.3) is 33.3 Å². The van der Waals surface area contributed by atoms with Crippen molar-refractivity contribution in [3.05, 3.63) is 59.7 Å². The van der Waals surface area contributed by atoms with Gasteiger partial charge in [0.15, 0.2) is 0 Å². The summed E-state index contributed by atoms with van der Waals surface area (Å²) in [5.74, 6) is -1.57. The Kier molecular flexibility index (Phi) is 6.69. The van der Waals surface area contributed by atoms with E-state index in [1.54, 1.807) is 0 Å². The standard InChI is InChI=1S/C30H35F2N3O2/c1-19-27(20(2)37-34-19)24-14-26-28(33-15-24)25(17-35(26)16-21-10-12-30(31,32)13-11-21)23-8-6-22(7-9-23)18-36-29(3,4)5/h6-9,14-15,17,21H,10-13,16,18H2,1-5H3. The highest BCUT2D eigenvalue weighted by atomic mass is 19.3. The lowest BCUT2D eigenvalue weighted by Gasteiger charge is -2.28. The van der Waals surface area contributed by atoms with Gasteiger partial charge in [0.05, 0.1) is 28.9 Å². The molecule has 7 heteroatoms. The molecule has 5 nitrogen and oxygen atoms in total. The van der Waals surface area contributed by atoms with Gasteiger partial charge in [-0.3, -0.25) is 4.98 Å². The minimum absolute atomic E-state index is 0.0373. The molecule has 1 aliphatic rings. The molecule has 0 aliphatic heterocycles. The second-order valence-corrected chi connectivity index (χ2v) is 11.4. The Hall–Kier alpha value is -3.06. The van der Waals surface area contributed by atoms with E-state index < -0.39 is 5.92 Å². The van der Waals surface area contributed by atoms with Gasteiger partial charge < -0.3 is 13.8 Å². The van der Waals surface area contributed by atoms with Crippen LogP contribution >= 0.6 is 0 Å². The fraction of sp³-hybridized carbons (Fsp3) is 0.467. The molecule has 0 N–H and O–H groups in total. The van der Waals surface area contributed by atoms with Gasteiger partial charge in [0, 0.05) is 48.5 Å². The van der Waals surface area contributed by atoms with Crippen molar-refractivity contribution in [2.24, 2.45) is 5.92 Å². The Labute approximate surface area is 216 Å². The molecule has 1 aliphatic carbocycles. The average molecular weight is 508 g/mol. The quantitative estimate of drug-likeness (QED) is 0.264. The van der Waals surface area contributed by atoms with Gasteiger partial charge in [0.2, 0.25) is 5.92 Å². The number of halogens is 2. The van der Waals surface area contributed by atoms with E-state index in [-0.39, 0.29) is 24.4 Å². The molecule has 4 aromatic rings. The molecule has 0 unspecified atom stereocenters. The normalized spacial score (nSPS) is 16.5. The minimum Gasteiger partial charge on any atom is -0.371 e. The van der Waals surface area contributed by atoms with E-state index >= 15 is 0 Å². The van der Waals surface area contributed by atoms with Crippen LogP contribution in [0.3, 0.4) is 0 Å². The number of ether oxygens (including phenoxy) is 1. The fourth-order valence-corrected chi connectivity index (χ4v) is 5.20. The van der Waals surface area contributed by atoms with Crippen molar-refractivity contribution in [3.63, 3.8) is 0 Å². The molecule has 1 fully saturated rings. The van der Waals surface area contributed by atoms with Gasteiger partial charge in [-0.1, -0.05) is 29.4 Å². The Morgan fingerprint density at radius 1 is 1.08 bits per heavy atom. The second-order valence-electron chi connectivity index (χ2n) is 11.4. The number of fused-ring (bicyclic) bond motifs is 1. The summed E-state index contributed by atoms with van der Waals surface area (Å²) < 4.78 is 41.1. The maximum Gasteiger partial charge on any atom is 0.248 e. The van der Waals surface area contributed by atoms with Crippen LogP contribution in [0.2, 0.25) is 0 Å². The number of aromatic nitrogens is 3. The van der Waals surface area contributed by atoms with Crippen LogP contribution < -0.4 is 0 Å². The third-order valence-electron chi connectivity index (χ3n) is 7.27. The van der Waals surface area contributed by atoms with E-state index in [1.165, 1.54) is 0 Å². The molecule has 0 spiro atoms. The molecular formula is C30H35F2N3O2. The summed E-state index contributed by atoms with van der Waals surface area (Å²) in [4.78, 5) is 4.89. The highest BCUT2D eigenvalue weighted by Crippen LogP contribution is 2.39. The van der Waals surface area contributed by atoms with Crippen LogP contribution in [0.15, 0.2) is 47.2 Å². The number of pyridine rings is 1. The van der Waals surface area contributed by atoms with Gasteiger partial charge in [0.25, 0.3) is 0 Å². The van der Waals surface area contributed by atoms with Crippen molar-refractivity contribution in [1.29, 1.82) is 0 Å². The van der Waals surface area contributed by atoms with Gasteiger partial charge >= 0.3 is 0 Å². The molecule has 37 heavy (non-hydrogen) atoms. The van der Waals surface area contributed by atoms with E-state index in [1.807, 2.05) is 40.8 Å². The zero-order valence-electron chi connectivity index (χ0n) is 22.3. The van der Waals surface area contributed by atoms with Gasteiger partial charge in [-0.15, -0.1) is 0 Å². The number of aryl methyl sites for hydroxylation is 2. The number of hydrogen-bond acceptors (Lipinski definition) is 4. The molecule has 0 amide bonds. The lowest BCUT2D eigenvalue weighted by atomic mass is 9.87. The summed E-state index contributed by atoms with van der Waals surface area (Å²) in [6.07, 6.45) is 4.98. The molecule has 0 saturated heterocycles. The smallest absolute Gasteiger partial charge is 0.248 e. The Morgan fingerprint density at radius 3 is 2.41 bits per heavy atom. The highest BCUT2D eigenvalue weighted by molar-refractivity contribution is 5.95. The van der Waals surface area contributed by atoms with E-state index in [0.29, 0.717) is 26.0 Å². The molecule has 0 radical (unpaired) electrons. The lowest BCUT2D eigenvalue weighted by molar-refractivity contribution is -0.0472. The van der Waals surface area contributed by atoms with E-state index in [9.17, 15) is 8.78 Å². The van der Waals surface area contributed by atoms with Crippen molar-refractivity contribution in [3.8, 4) is 22.3 Å². The zero-order valence-corrected chi connectivity index (χ0v) is 22.3. The Bertz CT molecular complexity index is 1370. The molecule has 1 saturated carbocycles. The van der Waals surface area contributed by atoms with E-state index in [4.69, 9.17) is 14.2 Å². The summed E-state index contributed by atoms with van der Waals surface area (Å²) >= 11 is 0. The first-order chi connectivity index (χ1) is 17.5. The number of alkyl halides is 2. The number of hydrogen-bond donors (Lipinski definition) is 0. The first-order valence-corrected chi connectivity index (χ1v) is 13.0. The van der Waals surface area contributed by atoms with Crippen LogP contribution in [-0.2, 0) is 17.9 Å². The Morgan fingerprint density at radius 2 is 1.78 bits per heavy atom. The molecular weight excluding hydrogens is 472 g/mol. The minimum atomic E-state index is -2.53. The van der Waals surface area contributed by atoms with Crippen molar-refractivity contribution in [2.75, 3.05) is 0 Å². The maximum atomic E-state index is 13.8. The largest absolute Gasteiger partial charge is 0.371 e. The molecule has 0 atom stereocenters. The first kappa shape index (κ1) is 25.6. The van der Waals surface area contributed by atoms with Gasteiger partial charge in [-0.2, -0.15) is 0 Å². The van der Waals surface area contributed by atoms with Crippen LogP contribution in [0.1, 0.15) is 63.5 Å². The third kappa shape index (κ3) is 5.61. The van der Waals surface area contributed by atoms with Crippen molar-refractivity contribution in [2.45, 2.75) is 85.0 Å². The summed E-state index contributed by atoms with van der Waals surface area (Å²) in [5, 5.41) is 4.10. The lowest BCUT2D eigenvalue weighted by Crippen LogP contribution is -2.26. The molecule has 3 aromatic heterocycles. The van der Waals surface area contributed by atoms with Gasteiger partial charge in [-0.25, -0.2) is 8.78 Å². The summed E-state index contributed by atoms with van der Waals surface area (Å²) in [6.45, 7) is 11.2. The van der Waals surface area contributed by atoms with Crippen LogP contribution in [0.4, 0.5) is 8.78 Å². The maximum absolute atomic E-state index is 13.8. The van der Waals surface area contributed by atoms with Crippen molar-refractivity contribution in [1.82, 2.24) is 14.7 Å². The van der Waals surface area contributed by atoms with Crippen LogP contribution in [0.5, 0.6) is 0 Å². The highest BCUT2D eigenvalue weighted by Gasteiger charge is 2.35. The number of rotatable bonds is 6. The number of benzene rings is 1. The number of nitrogens with zero attached hydrogens (tertiary/aromatic N) is 3. The monoisotopic (exact) mass is 507 g/mol.